The van der Waals surface area contributed by atoms with E-state index in [1.165, 1.54) is 29.7 Å². The third kappa shape index (κ3) is 4.98. The molecule has 28 heavy (non-hydrogen) atoms. The number of hydrogen-bond acceptors (Lipinski definition) is 5. The smallest absolute Gasteiger partial charge is 0.264 e. The van der Waals surface area contributed by atoms with Gasteiger partial charge in [0.2, 0.25) is 0 Å². The second-order valence-electron chi connectivity index (χ2n) is 5.61. The van der Waals surface area contributed by atoms with E-state index in [9.17, 15) is 13.2 Å². The van der Waals surface area contributed by atoms with Crippen LogP contribution in [0.1, 0.15) is 4.88 Å². The van der Waals surface area contributed by atoms with Crippen molar-refractivity contribution in [2.24, 2.45) is 5.10 Å². The zero-order valence-corrected chi connectivity index (χ0v) is 16.9. The highest BCUT2D eigenvalue weighted by Gasteiger charge is 2.27. The lowest BCUT2D eigenvalue weighted by atomic mass is 10.3. The molecule has 0 radical (unpaired) electrons. The van der Waals surface area contributed by atoms with Gasteiger partial charge >= 0.3 is 0 Å². The zero-order valence-electron chi connectivity index (χ0n) is 14.5. The Hall–Kier alpha value is -2.68. The van der Waals surface area contributed by atoms with Gasteiger partial charge in [-0.15, -0.1) is 11.3 Å². The average molecular weight is 434 g/mol. The van der Waals surface area contributed by atoms with Gasteiger partial charge in [0.25, 0.3) is 15.9 Å². The summed E-state index contributed by atoms with van der Waals surface area (Å²) in [5.74, 6) is -0.567. The number of nitrogens with zero attached hydrogens (tertiary/aromatic N) is 2. The van der Waals surface area contributed by atoms with Gasteiger partial charge in [-0.3, -0.25) is 9.10 Å². The number of hydrogen-bond donors (Lipinski definition) is 1. The molecule has 1 amide bonds. The number of halogens is 1. The summed E-state index contributed by atoms with van der Waals surface area (Å²) in [7, 11) is -3.95. The monoisotopic (exact) mass is 433 g/mol. The number of thiophene rings is 1. The second-order valence-corrected chi connectivity index (χ2v) is 8.89. The summed E-state index contributed by atoms with van der Waals surface area (Å²) >= 11 is 7.37. The fourth-order valence-corrected chi connectivity index (χ4v) is 4.49. The minimum atomic E-state index is -3.95. The first kappa shape index (κ1) is 20.1. The number of carbonyl (C=O) groups excluding carboxylic acids is 1. The van der Waals surface area contributed by atoms with Crippen molar-refractivity contribution in [1.82, 2.24) is 5.43 Å². The van der Waals surface area contributed by atoms with Crippen LogP contribution in [0.3, 0.4) is 0 Å². The SMILES string of the molecule is O=C(CN(c1ccc(Cl)cc1)S(=O)(=O)c1ccccc1)N/N=C\c1cccs1. The van der Waals surface area contributed by atoms with E-state index in [4.69, 9.17) is 11.6 Å². The Balaban J connectivity index is 1.84. The standard InChI is InChI=1S/C19H16ClN3O3S2/c20-15-8-10-16(11-9-15)23(28(25,26)18-6-2-1-3-7-18)14-19(24)22-21-13-17-5-4-12-27-17/h1-13H,14H2,(H,22,24)/b21-13-. The number of sulfonamides is 1. The lowest BCUT2D eigenvalue weighted by Gasteiger charge is -2.23. The maximum absolute atomic E-state index is 13.1. The molecular formula is C19H16ClN3O3S2. The molecule has 3 aromatic rings. The molecule has 144 valence electrons. The maximum atomic E-state index is 13.1. The second kappa shape index (κ2) is 9.01. The van der Waals surface area contributed by atoms with Gasteiger partial charge in [0.15, 0.2) is 0 Å². The number of amides is 1. The van der Waals surface area contributed by atoms with Gasteiger partial charge in [0, 0.05) is 9.90 Å². The molecule has 0 spiro atoms. The molecule has 0 saturated carbocycles. The molecule has 0 aliphatic heterocycles. The molecule has 1 N–H and O–H groups in total. The summed E-state index contributed by atoms with van der Waals surface area (Å²) in [6.07, 6.45) is 1.50. The van der Waals surface area contributed by atoms with Crippen LogP contribution in [0, 0.1) is 0 Å². The molecule has 9 heteroatoms. The van der Waals surface area contributed by atoms with E-state index in [0.29, 0.717) is 10.7 Å². The van der Waals surface area contributed by atoms with Gasteiger partial charge in [-0.1, -0.05) is 35.9 Å². The van der Waals surface area contributed by atoms with Crippen LogP contribution in [0.5, 0.6) is 0 Å². The van der Waals surface area contributed by atoms with E-state index >= 15 is 0 Å². The highest BCUT2D eigenvalue weighted by molar-refractivity contribution is 7.92. The van der Waals surface area contributed by atoms with Crippen LogP contribution in [-0.4, -0.2) is 27.1 Å². The Morgan fingerprint density at radius 1 is 1.07 bits per heavy atom. The molecule has 1 heterocycles. The summed E-state index contributed by atoms with van der Waals surface area (Å²) in [4.78, 5) is 13.3. The zero-order chi connectivity index (χ0) is 20.0. The summed E-state index contributed by atoms with van der Waals surface area (Å²) in [5.41, 5.74) is 2.69. The molecule has 0 fully saturated rings. The Labute approximate surface area is 172 Å². The highest BCUT2D eigenvalue weighted by atomic mass is 35.5. The summed E-state index contributed by atoms with van der Waals surface area (Å²) in [6.45, 7) is -0.430. The topological polar surface area (TPSA) is 78.8 Å². The molecule has 6 nitrogen and oxygen atoms in total. The van der Waals surface area contributed by atoms with Crippen molar-refractivity contribution in [3.8, 4) is 0 Å². The van der Waals surface area contributed by atoms with Crippen LogP contribution in [0.25, 0.3) is 0 Å². The third-order valence-corrected chi connectivity index (χ3v) is 6.50. The molecule has 0 bridgehead atoms. The van der Waals surface area contributed by atoms with Crippen molar-refractivity contribution < 1.29 is 13.2 Å². The van der Waals surface area contributed by atoms with Crippen molar-refractivity contribution in [2.45, 2.75) is 4.90 Å². The van der Waals surface area contributed by atoms with Gasteiger partial charge in [-0.2, -0.15) is 5.10 Å². The fourth-order valence-electron chi connectivity index (χ4n) is 2.34. The molecule has 0 atom stereocenters. The van der Waals surface area contributed by atoms with Crippen molar-refractivity contribution in [2.75, 3.05) is 10.8 Å². The molecule has 3 rings (SSSR count). The van der Waals surface area contributed by atoms with Gasteiger partial charge in [-0.25, -0.2) is 13.8 Å². The summed E-state index contributed by atoms with van der Waals surface area (Å²) in [5, 5.41) is 6.22. The van der Waals surface area contributed by atoms with Crippen molar-refractivity contribution in [3.05, 3.63) is 82.0 Å². The molecule has 2 aromatic carbocycles. The Morgan fingerprint density at radius 3 is 2.43 bits per heavy atom. The van der Waals surface area contributed by atoms with Crippen molar-refractivity contribution in [3.63, 3.8) is 0 Å². The Morgan fingerprint density at radius 2 is 1.79 bits per heavy atom. The number of nitrogens with one attached hydrogen (secondary N) is 1. The molecule has 1 aromatic heterocycles. The normalized spacial score (nSPS) is 11.5. The predicted molar refractivity (Wildman–Crippen MR) is 112 cm³/mol. The molecule has 0 saturated heterocycles. The van der Waals surface area contributed by atoms with Gasteiger partial charge in [0.05, 0.1) is 16.8 Å². The third-order valence-electron chi connectivity index (χ3n) is 3.66. The van der Waals surface area contributed by atoms with Crippen LogP contribution in [-0.2, 0) is 14.8 Å². The Kier molecular flexibility index (Phi) is 6.45. The first-order chi connectivity index (χ1) is 13.5. The van der Waals surface area contributed by atoms with E-state index in [2.05, 4.69) is 10.5 Å². The van der Waals surface area contributed by atoms with E-state index in [0.717, 1.165) is 9.18 Å². The highest BCUT2D eigenvalue weighted by Crippen LogP contribution is 2.24. The summed E-state index contributed by atoms with van der Waals surface area (Å²) in [6, 6.07) is 17.9. The van der Waals surface area contributed by atoms with Crippen LogP contribution in [0.2, 0.25) is 5.02 Å². The minimum absolute atomic E-state index is 0.0832. The van der Waals surface area contributed by atoms with Gasteiger partial charge in [0.1, 0.15) is 6.54 Å². The van der Waals surface area contributed by atoms with E-state index in [1.54, 1.807) is 42.5 Å². The summed E-state index contributed by atoms with van der Waals surface area (Å²) < 4.78 is 27.2. The number of benzene rings is 2. The first-order valence-electron chi connectivity index (χ1n) is 8.15. The lowest BCUT2D eigenvalue weighted by molar-refractivity contribution is -0.119. The van der Waals surface area contributed by atoms with Crippen LogP contribution >= 0.6 is 22.9 Å². The largest absolute Gasteiger partial charge is 0.271 e. The number of anilines is 1. The van der Waals surface area contributed by atoms with Crippen LogP contribution in [0.15, 0.2) is 82.1 Å². The van der Waals surface area contributed by atoms with Gasteiger partial charge in [-0.05, 0) is 47.8 Å². The van der Waals surface area contributed by atoms with E-state index in [1.807, 2.05) is 17.5 Å². The number of hydrazone groups is 1. The fraction of sp³-hybridized carbons (Fsp3) is 0.0526. The minimum Gasteiger partial charge on any atom is -0.271 e. The van der Waals surface area contributed by atoms with Crippen LogP contribution in [0.4, 0.5) is 5.69 Å². The first-order valence-corrected chi connectivity index (χ1v) is 10.9. The predicted octanol–water partition coefficient (Wildman–Crippen LogP) is 3.75. The van der Waals surface area contributed by atoms with E-state index in [-0.39, 0.29) is 4.90 Å². The number of carbonyl (C=O) groups is 1. The van der Waals surface area contributed by atoms with Crippen molar-refractivity contribution in [1.29, 1.82) is 0 Å². The lowest BCUT2D eigenvalue weighted by Crippen LogP contribution is -2.39. The molecule has 0 aliphatic carbocycles. The van der Waals surface area contributed by atoms with E-state index < -0.39 is 22.5 Å². The molecule has 0 aliphatic rings. The number of rotatable bonds is 7. The van der Waals surface area contributed by atoms with Crippen LogP contribution < -0.4 is 9.73 Å². The Bertz CT molecular complexity index is 1050. The average Bonchev–Trinajstić information content (AvgIpc) is 3.21. The molecular weight excluding hydrogens is 418 g/mol. The van der Waals surface area contributed by atoms with Crippen molar-refractivity contribution >= 4 is 50.8 Å². The van der Waals surface area contributed by atoms with Gasteiger partial charge < -0.3 is 0 Å². The molecule has 0 unspecified atom stereocenters. The maximum Gasteiger partial charge on any atom is 0.264 e. The quantitative estimate of drug-likeness (QED) is 0.455.